The van der Waals surface area contributed by atoms with Gasteiger partial charge in [0.05, 0.1) is 5.02 Å². The van der Waals surface area contributed by atoms with Gasteiger partial charge in [-0.3, -0.25) is 9.69 Å². The van der Waals surface area contributed by atoms with Gasteiger partial charge in [0.15, 0.2) is 0 Å². The van der Waals surface area contributed by atoms with Crippen molar-refractivity contribution in [2.75, 3.05) is 13.1 Å². The van der Waals surface area contributed by atoms with Gasteiger partial charge in [0.25, 0.3) is 0 Å². The molecule has 2 aromatic heterocycles. The Balaban J connectivity index is 1.32. The minimum absolute atomic E-state index is 0.234. The van der Waals surface area contributed by atoms with E-state index in [0.29, 0.717) is 23.4 Å². The van der Waals surface area contributed by atoms with Gasteiger partial charge in [0.2, 0.25) is 5.91 Å². The van der Waals surface area contributed by atoms with Gasteiger partial charge in [0.1, 0.15) is 5.82 Å². The van der Waals surface area contributed by atoms with E-state index in [-0.39, 0.29) is 5.91 Å². The molecule has 1 aliphatic carbocycles. The molecule has 6 heteroatoms. The molecule has 4 rings (SSSR count). The molecule has 1 unspecified atom stereocenters. The van der Waals surface area contributed by atoms with Gasteiger partial charge in [-0.25, -0.2) is 4.98 Å². The van der Waals surface area contributed by atoms with Crippen LogP contribution in [0.5, 0.6) is 0 Å². The summed E-state index contributed by atoms with van der Waals surface area (Å²) in [7, 11) is 0. The molecular formula is C21H27ClN4O. The van der Waals surface area contributed by atoms with Gasteiger partial charge < -0.3 is 9.88 Å². The molecule has 1 atom stereocenters. The average molecular weight is 387 g/mol. The molecule has 1 saturated carbocycles. The summed E-state index contributed by atoms with van der Waals surface area (Å²) in [6.45, 7) is 3.09. The molecule has 27 heavy (non-hydrogen) atoms. The van der Waals surface area contributed by atoms with Crippen molar-refractivity contribution in [1.82, 2.24) is 19.8 Å². The summed E-state index contributed by atoms with van der Waals surface area (Å²) in [5.74, 6) is 1.74. The van der Waals surface area contributed by atoms with Crippen LogP contribution >= 0.6 is 11.6 Å². The third-order valence-corrected chi connectivity index (χ3v) is 5.73. The molecule has 2 aliphatic rings. The number of rotatable bonds is 7. The van der Waals surface area contributed by atoms with Crippen molar-refractivity contribution in [3.63, 3.8) is 0 Å². The van der Waals surface area contributed by atoms with Crippen LogP contribution in [0.15, 0.2) is 36.7 Å². The number of carbonyl (C=O) groups excluding carboxylic acids is 1. The van der Waals surface area contributed by atoms with Gasteiger partial charge in [-0.05, 0) is 68.8 Å². The average Bonchev–Trinajstić information content (AvgIpc) is 3.37. The second-order valence-corrected chi connectivity index (χ2v) is 8.26. The molecule has 0 bridgehead atoms. The second-order valence-electron chi connectivity index (χ2n) is 7.83. The minimum atomic E-state index is 0.234. The van der Waals surface area contributed by atoms with Crippen LogP contribution in [0.3, 0.4) is 0 Å². The van der Waals surface area contributed by atoms with Crippen LogP contribution in [0, 0.1) is 5.92 Å². The molecule has 0 aromatic carbocycles. The number of hydrogen-bond acceptors (Lipinski definition) is 3. The fourth-order valence-electron chi connectivity index (χ4n) is 3.90. The lowest BCUT2D eigenvalue weighted by Crippen LogP contribution is -2.36. The number of halogens is 1. The van der Waals surface area contributed by atoms with Crippen molar-refractivity contribution in [1.29, 1.82) is 0 Å². The molecule has 2 fully saturated rings. The zero-order valence-corrected chi connectivity index (χ0v) is 16.4. The monoisotopic (exact) mass is 386 g/mol. The Morgan fingerprint density at radius 1 is 1.26 bits per heavy atom. The lowest BCUT2D eigenvalue weighted by molar-refractivity contribution is -0.121. The number of carbonyl (C=O) groups is 1. The zero-order valence-electron chi connectivity index (χ0n) is 15.6. The van der Waals surface area contributed by atoms with Crippen molar-refractivity contribution < 1.29 is 4.79 Å². The van der Waals surface area contributed by atoms with Crippen molar-refractivity contribution >= 4 is 17.5 Å². The summed E-state index contributed by atoms with van der Waals surface area (Å²) in [6.07, 6.45) is 10.1. The summed E-state index contributed by atoms with van der Waals surface area (Å²) >= 11 is 5.96. The Bertz CT molecular complexity index is 769. The Morgan fingerprint density at radius 3 is 2.93 bits per heavy atom. The molecular weight excluding hydrogens is 360 g/mol. The number of pyridine rings is 1. The lowest BCUT2D eigenvalue weighted by Gasteiger charge is -2.32. The first kappa shape index (κ1) is 18.5. The minimum Gasteiger partial charge on any atom is -0.353 e. The number of likely N-dealkylation sites (tertiary alicyclic amines) is 1. The smallest absolute Gasteiger partial charge is 0.220 e. The molecule has 1 N–H and O–H groups in total. The van der Waals surface area contributed by atoms with Crippen LogP contribution in [0.25, 0.3) is 5.82 Å². The van der Waals surface area contributed by atoms with E-state index in [0.717, 1.165) is 44.7 Å². The van der Waals surface area contributed by atoms with Crippen LogP contribution in [-0.4, -0.2) is 39.5 Å². The predicted molar refractivity (Wildman–Crippen MR) is 107 cm³/mol. The quantitative estimate of drug-likeness (QED) is 0.787. The maximum absolute atomic E-state index is 12.0. The Labute approximate surface area is 165 Å². The zero-order chi connectivity index (χ0) is 18.6. The van der Waals surface area contributed by atoms with E-state index in [9.17, 15) is 4.79 Å². The van der Waals surface area contributed by atoms with E-state index in [1.165, 1.54) is 18.5 Å². The normalized spacial score (nSPS) is 20.6. The molecule has 0 spiro atoms. The highest BCUT2D eigenvalue weighted by Crippen LogP contribution is 2.24. The first-order valence-corrected chi connectivity index (χ1v) is 10.3. The van der Waals surface area contributed by atoms with Gasteiger partial charge >= 0.3 is 0 Å². The van der Waals surface area contributed by atoms with Crippen molar-refractivity contribution in [3.8, 4) is 5.82 Å². The number of nitrogens with zero attached hydrogens (tertiary/aromatic N) is 3. The van der Waals surface area contributed by atoms with Gasteiger partial charge in [-0.1, -0.05) is 11.6 Å². The molecule has 144 valence electrons. The highest BCUT2D eigenvalue weighted by atomic mass is 35.5. The fourth-order valence-corrected chi connectivity index (χ4v) is 4.01. The summed E-state index contributed by atoms with van der Waals surface area (Å²) < 4.78 is 2.13. The van der Waals surface area contributed by atoms with Crippen LogP contribution < -0.4 is 5.32 Å². The number of piperidine rings is 1. The topological polar surface area (TPSA) is 50.2 Å². The van der Waals surface area contributed by atoms with Gasteiger partial charge in [-0.2, -0.15) is 0 Å². The number of aromatic nitrogens is 2. The van der Waals surface area contributed by atoms with E-state index < -0.39 is 0 Å². The van der Waals surface area contributed by atoms with Gasteiger partial charge in [0, 0.05) is 43.6 Å². The first-order chi connectivity index (χ1) is 13.2. The van der Waals surface area contributed by atoms with E-state index in [1.54, 1.807) is 6.20 Å². The third kappa shape index (κ3) is 5.11. The molecule has 0 radical (unpaired) electrons. The molecule has 3 heterocycles. The highest BCUT2D eigenvalue weighted by molar-refractivity contribution is 6.30. The summed E-state index contributed by atoms with van der Waals surface area (Å²) in [5, 5.41) is 3.75. The number of amides is 1. The standard InChI is InChI=1S/C21H27ClN4O/c22-17-6-9-20(23-13-17)26-12-2-4-19(26)15-25-11-1-3-16(14-25)5-10-21(27)24-18-7-8-18/h2,4,6,9,12-13,16,18H,1,3,5,7-8,10-11,14-15H2,(H,24,27). The van der Waals surface area contributed by atoms with Crippen LogP contribution in [0.1, 0.15) is 44.2 Å². The number of nitrogens with one attached hydrogen (secondary N) is 1. The Kier molecular flexibility index (Phi) is 5.79. The molecule has 5 nitrogen and oxygen atoms in total. The molecule has 2 aromatic rings. The van der Waals surface area contributed by atoms with Crippen molar-refractivity contribution in [3.05, 3.63) is 47.4 Å². The van der Waals surface area contributed by atoms with Crippen LogP contribution in [0.2, 0.25) is 5.02 Å². The molecule has 1 saturated heterocycles. The largest absolute Gasteiger partial charge is 0.353 e. The third-order valence-electron chi connectivity index (χ3n) is 5.50. The van der Waals surface area contributed by atoms with Crippen LogP contribution in [0.4, 0.5) is 0 Å². The maximum Gasteiger partial charge on any atom is 0.220 e. The fraction of sp³-hybridized carbons (Fsp3) is 0.524. The van der Waals surface area contributed by atoms with Crippen LogP contribution in [-0.2, 0) is 11.3 Å². The van der Waals surface area contributed by atoms with Crippen molar-refractivity contribution in [2.24, 2.45) is 5.92 Å². The Morgan fingerprint density at radius 2 is 2.15 bits per heavy atom. The molecule has 1 amide bonds. The van der Waals surface area contributed by atoms with E-state index in [4.69, 9.17) is 11.6 Å². The van der Waals surface area contributed by atoms with Gasteiger partial charge in [-0.15, -0.1) is 0 Å². The van der Waals surface area contributed by atoms with Crippen molar-refractivity contribution in [2.45, 2.75) is 51.1 Å². The van der Waals surface area contributed by atoms with E-state index in [1.807, 2.05) is 12.1 Å². The van der Waals surface area contributed by atoms with E-state index in [2.05, 4.69) is 38.1 Å². The number of hydrogen-bond donors (Lipinski definition) is 1. The molecule has 1 aliphatic heterocycles. The SMILES string of the molecule is O=C(CCC1CCCN(Cc2cccn2-c2ccc(Cl)cn2)C1)NC1CC1. The predicted octanol–water partition coefficient (Wildman–Crippen LogP) is 3.80. The van der Waals surface area contributed by atoms with E-state index >= 15 is 0 Å². The summed E-state index contributed by atoms with van der Waals surface area (Å²) in [4.78, 5) is 18.9. The highest BCUT2D eigenvalue weighted by Gasteiger charge is 2.25. The lowest BCUT2D eigenvalue weighted by atomic mass is 9.93. The second kappa shape index (κ2) is 8.44. The Hall–Kier alpha value is -1.85. The summed E-state index contributed by atoms with van der Waals surface area (Å²) in [6, 6.07) is 8.51. The first-order valence-electron chi connectivity index (χ1n) is 9.97. The maximum atomic E-state index is 12.0. The summed E-state index contributed by atoms with van der Waals surface area (Å²) in [5.41, 5.74) is 1.23.